The molecule has 0 aliphatic heterocycles. The summed E-state index contributed by atoms with van der Waals surface area (Å²) in [6.45, 7) is 1.31. The first-order valence-corrected chi connectivity index (χ1v) is 7.87. The van der Waals surface area contributed by atoms with Gasteiger partial charge in [0.1, 0.15) is 11.6 Å². The molecular formula is C13H16FN3O3S. The van der Waals surface area contributed by atoms with Gasteiger partial charge in [-0.15, -0.1) is 0 Å². The molecule has 0 saturated heterocycles. The van der Waals surface area contributed by atoms with Crippen molar-refractivity contribution in [2.24, 2.45) is 0 Å². The Balaban J connectivity index is 2.36. The van der Waals surface area contributed by atoms with Crippen LogP contribution in [0.3, 0.4) is 0 Å². The smallest absolute Gasteiger partial charge is 0.241 e. The summed E-state index contributed by atoms with van der Waals surface area (Å²) < 4.78 is 40.6. The summed E-state index contributed by atoms with van der Waals surface area (Å²) >= 11 is 0. The van der Waals surface area contributed by atoms with Crippen molar-refractivity contribution < 1.29 is 17.9 Å². The van der Waals surface area contributed by atoms with Crippen molar-refractivity contribution in [3.8, 4) is 0 Å². The van der Waals surface area contributed by atoms with Crippen molar-refractivity contribution in [3.63, 3.8) is 0 Å². The molecule has 6 nitrogen and oxygen atoms in total. The van der Waals surface area contributed by atoms with Gasteiger partial charge in [0.15, 0.2) is 0 Å². The van der Waals surface area contributed by atoms with E-state index in [0.717, 1.165) is 12.1 Å². The first-order chi connectivity index (χ1) is 9.97. The first-order valence-electron chi connectivity index (χ1n) is 6.38. The van der Waals surface area contributed by atoms with Crippen LogP contribution in [0.1, 0.15) is 30.8 Å². The molecule has 1 atom stereocenters. The highest BCUT2D eigenvalue weighted by atomic mass is 32.2. The van der Waals surface area contributed by atoms with Crippen molar-refractivity contribution >= 4 is 10.0 Å². The van der Waals surface area contributed by atoms with Crippen LogP contribution in [-0.4, -0.2) is 23.5 Å². The van der Waals surface area contributed by atoms with E-state index in [4.69, 9.17) is 0 Å². The molecule has 1 heterocycles. The lowest BCUT2D eigenvalue weighted by Crippen LogP contribution is -2.30. The molecule has 114 valence electrons. The summed E-state index contributed by atoms with van der Waals surface area (Å²) in [5.41, 5.74) is 0.137. The van der Waals surface area contributed by atoms with Crippen LogP contribution in [0.4, 0.5) is 4.39 Å². The number of rotatable bonds is 6. The number of aliphatic hydroxyl groups excluding tert-OH is 1. The summed E-state index contributed by atoms with van der Waals surface area (Å²) in [7, 11) is -3.97. The number of H-pyrrole nitrogens is 1. The highest BCUT2D eigenvalue weighted by Crippen LogP contribution is 2.21. The third kappa shape index (κ3) is 3.46. The van der Waals surface area contributed by atoms with E-state index < -0.39 is 28.5 Å². The topological polar surface area (TPSA) is 95.1 Å². The van der Waals surface area contributed by atoms with Crippen molar-refractivity contribution in [1.29, 1.82) is 0 Å². The fraction of sp³-hybridized carbons (Fsp3) is 0.308. The van der Waals surface area contributed by atoms with Gasteiger partial charge in [-0.2, -0.15) is 0 Å². The van der Waals surface area contributed by atoms with Crippen molar-refractivity contribution in [3.05, 3.63) is 47.8 Å². The molecule has 0 radical (unpaired) electrons. The second-order valence-corrected chi connectivity index (χ2v) is 6.15. The number of hydrogen-bond acceptors (Lipinski definition) is 4. The van der Waals surface area contributed by atoms with E-state index in [2.05, 4.69) is 14.7 Å². The maximum atomic E-state index is 13.3. The summed E-state index contributed by atoms with van der Waals surface area (Å²) in [5, 5.41) is 9.21. The quantitative estimate of drug-likeness (QED) is 0.752. The predicted molar refractivity (Wildman–Crippen MR) is 74.3 cm³/mol. The Morgan fingerprint density at radius 2 is 2.24 bits per heavy atom. The van der Waals surface area contributed by atoms with Crippen LogP contribution in [0, 0.1) is 5.82 Å². The average molecular weight is 313 g/mol. The van der Waals surface area contributed by atoms with Crippen LogP contribution in [0.25, 0.3) is 0 Å². The minimum absolute atomic E-state index is 0.137. The average Bonchev–Trinajstić information content (AvgIpc) is 2.99. The maximum absolute atomic E-state index is 13.3. The summed E-state index contributed by atoms with van der Waals surface area (Å²) in [6.07, 6.45) is 3.58. The Hall–Kier alpha value is -1.77. The molecule has 0 amide bonds. The Labute approximate surface area is 122 Å². The number of halogens is 1. The maximum Gasteiger partial charge on any atom is 0.241 e. The minimum Gasteiger partial charge on any atom is -0.392 e. The van der Waals surface area contributed by atoms with Crippen LogP contribution in [0.5, 0.6) is 0 Å². The highest BCUT2D eigenvalue weighted by Gasteiger charge is 2.24. The number of aliphatic hydroxyl groups is 1. The molecule has 0 fully saturated rings. The van der Waals surface area contributed by atoms with Gasteiger partial charge < -0.3 is 10.1 Å². The Morgan fingerprint density at radius 3 is 2.81 bits per heavy atom. The van der Waals surface area contributed by atoms with Crippen LogP contribution in [0.15, 0.2) is 35.5 Å². The molecular weight excluding hydrogens is 297 g/mol. The van der Waals surface area contributed by atoms with E-state index in [-0.39, 0.29) is 10.5 Å². The molecule has 3 N–H and O–H groups in total. The van der Waals surface area contributed by atoms with Gasteiger partial charge in [-0.25, -0.2) is 22.5 Å². The normalized spacial score (nSPS) is 13.3. The molecule has 8 heteroatoms. The van der Waals surface area contributed by atoms with E-state index in [1.54, 1.807) is 13.1 Å². The summed E-state index contributed by atoms with van der Waals surface area (Å²) in [5.74, 6) is -0.207. The number of nitrogens with zero attached hydrogens (tertiary/aromatic N) is 1. The highest BCUT2D eigenvalue weighted by molar-refractivity contribution is 7.89. The fourth-order valence-electron chi connectivity index (χ4n) is 1.96. The van der Waals surface area contributed by atoms with Gasteiger partial charge in [-0.1, -0.05) is 13.0 Å². The zero-order valence-corrected chi connectivity index (χ0v) is 12.2. The fourth-order valence-corrected chi connectivity index (χ4v) is 3.49. The Morgan fingerprint density at radius 1 is 1.48 bits per heavy atom. The second-order valence-electron chi connectivity index (χ2n) is 4.47. The molecule has 21 heavy (non-hydrogen) atoms. The van der Waals surface area contributed by atoms with Gasteiger partial charge in [-0.3, -0.25) is 0 Å². The molecule has 1 unspecified atom stereocenters. The minimum atomic E-state index is -3.97. The lowest BCUT2D eigenvalue weighted by molar-refractivity contribution is 0.278. The standard InChI is InChI=1S/C13H16FN3O3S/c1-2-11(13-15-5-6-16-13)17-21(19,20)12-7-10(14)4-3-9(12)8-18/h3-7,11,17-18H,2,8H2,1H3,(H,15,16). The SMILES string of the molecule is CCC(NS(=O)(=O)c1cc(F)ccc1CO)c1ncc[nH]1. The van der Waals surface area contributed by atoms with E-state index in [9.17, 15) is 17.9 Å². The lowest BCUT2D eigenvalue weighted by atomic mass is 10.2. The molecule has 0 bridgehead atoms. The number of hydrogen-bond donors (Lipinski definition) is 3. The zero-order valence-electron chi connectivity index (χ0n) is 11.4. The van der Waals surface area contributed by atoms with Crippen molar-refractivity contribution in [2.75, 3.05) is 0 Å². The third-order valence-electron chi connectivity index (χ3n) is 3.04. The summed E-state index contributed by atoms with van der Waals surface area (Å²) in [6, 6.07) is 2.69. The summed E-state index contributed by atoms with van der Waals surface area (Å²) in [4.78, 5) is 6.59. The molecule has 2 rings (SSSR count). The van der Waals surface area contributed by atoms with E-state index in [1.165, 1.54) is 12.3 Å². The van der Waals surface area contributed by atoms with Crippen molar-refractivity contribution in [1.82, 2.24) is 14.7 Å². The number of aromatic amines is 1. The molecule has 1 aromatic heterocycles. The van der Waals surface area contributed by atoms with Crippen LogP contribution >= 0.6 is 0 Å². The molecule has 1 aromatic carbocycles. The molecule has 2 aromatic rings. The van der Waals surface area contributed by atoms with E-state index >= 15 is 0 Å². The molecule has 0 spiro atoms. The third-order valence-corrected chi connectivity index (χ3v) is 4.60. The number of sulfonamides is 1. The molecule has 0 saturated carbocycles. The van der Waals surface area contributed by atoms with Crippen LogP contribution < -0.4 is 4.72 Å². The van der Waals surface area contributed by atoms with Gasteiger partial charge in [-0.05, 0) is 24.1 Å². The second kappa shape index (κ2) is 6.33. The number of imidazole rings is 1. The van der Waals surface area contributed by atoms with Gasteiger partial charge in [0.05, 0.1) is 17.5 Å². The van der Waals surface area contributed by atoms with Crippen LogP contribution in [0.2, 0.25) is 0 Å². The number of aromatic nitrogens is 2. The van der Waals surface area contributed by atoms with Crippen molar-refractivity contribution in [2.45, 2.75) is 30.9 Å². The Kier molecular flexibility index (Phi) is 4.71. The van der Waals surface area contributed by atoms with Gasteiger partial charge >= 0.3 is 0 Å². The van der Waals surface area contributed by atoms with Gasteiger partial charge in [0, 0.05) is 12.4 Å². The lowest BCUT2D eigenvalue weighted by Gasteiger charge is -2.16. The Bertz CT molecular complexity index is 701. The van der Waals surface area contributed by atoms with E-state index in [1.807, 2.05) is 0 Å². The van der Waals surface area contributed by atoms with Gasteiger partial charge in [0.25, 0.3) is 0 Å². The number of benzene rings is 1. The zero-order chi connectivity index (χ0) is 15.5. The van der Waals surface area contributed by atoms with E-state index in [0.29, 0.717) is 12.2 Å². The molecule has 0 aliphatic rings. The molecule has 0 aliphatic carbocycles. The number of nitrogens with one attached hydrogen (secondary N) is 2. The largest absolute Gasteiger partial charge is 0.392 e. The van der Waals surface area contributed by atoms with Crippen LogP contribution in [-0.2, 0) is 16.6 Å². The monoisotopic (exact) mass is 313 g/mol. The predicted octanol–water partition coefficient (Wildman–Crippen LogP) is 1.47. The first kappa shape index (κ1) is 15.6. The van der Waals surface area contributed by atoms with Gasteiger partial charge in [0.2, 0.25) is 10.0 Å².